The zero-order valence-corrected chi connectivity index (χ0v) is 27.8. The Morgan fingerprint density at radius 3 is 2.37 bits per heavy atom. The molecule has 1 N–H and O–H groups in total. The van der Waals surface area contributed by atoms with Crippen molar-refractivity contribution in [3.8, 4) is 17.2 Å². The third kappa shape index (κ3) is 4.59. The summed E-state index contributed by atoms with van der Waals surface area (Å²) in [4.78, 5) is 45.9. The molecule has 2 saturated carbocycles. The molecule has 7 atom stereocenters. The van der Waals surface area contributed by atoms with Crippen molar-refractivity contribution in [2.45, 2.75) is 29.2 Å². The standard InChI is InChI=1S/C34H28Cl2N2O6S2/c1-42-19-8-6-18(7-9-19)38-32(39)27-20-13-21(28(27)33(38)40)29-26(20)25(30-31(45-29)37-34(41)46-30)15-4-10-23(24(11-15)43-2)44-14-16-3-5-17(35)12-22(16)36/h3-12,20-21,25-29H,13-14H2,1-2H3,(H,37,41)/t20-,21-,25?,26?,27?,28?,29?/m1/s1. The van der Waals surface area contributed by atoms with Crippen LogP contribution < -0.4 is 24.0 Å². The van der Waals surface area contributed by atoms with E-state index in [1.165, 1.54) is 16.2 Å². The van der Waals surface area contributed by atoms with Gasteiger partial charge in [0.15, 0.2) is 11.5 Å². The van der Waals surface area contributed by atoms with Crippen LogP contribution in [0.5, 0.6) is 17.2 Å². The first kappa shape index (κ1) is 29.9. The van der Waals surface area contributed by atoms with E-state index in [1.807, 2.05) is 24.3 Å². The van der Waals surface area contributed by atoms with Crippen LogP contribution in [0.4, 0.5) is 5.69 Å². The molecule has 46 heavy (non-hydrogen) atoms. The summed E-state index contributed by atoms with van der Waals surface area (Å²) in [7, 11) is 3.18. The molecule has 8 rings (SSSR count). The number of H-pyrrole nitrogens is 1. The van der Waals surface area contributed by atoms with Crippen LogP contribution >= 0.6 is 46.3 Å². The molecule has 2 aliphatic carbocycles. The summed E-state index contributed by atoms with van der Waals surface area (Å²) in [5.74, 6) is 0.687. The number of rotatable bonds is 7. The van der Waals surface area contributed by atoms with Gasteiger partial charge in [0.1, 0.15) is 12.4 Å². The van der Waals surface area contributed by atoms with E-state index >= 15 is 0 Å². The molecule has 3 fully saturated rings. The Balaban J connectivity index is 1.13. The number of nitrogens with one attached hydrogen (secondary N) is 1. The highest BCUT2D eigenvalue weighted by atomic mass is 35.5. The average Bonchev–Trinajstić information content (AvgIpc) is 3.79. The number of halogens is 2. The van der Waals surface area contributed by atoms with E-state index in [0.29, 0.717) is 33.0 Å². The van der Waals surface area contributed by atoms with Crippen LogP contribution in [0.2, 0.25) is 10.0 Å². The minimum absolute atomic E-state index is 0.00322. The van der Waals surface area contributed by atoms with Gasteiger partial charge < -0.3 is 19.2 Å². The molecule has 2 amide bonds. The van der Waals surface area contributed by atoms with E-state index in [4.69, 9.17) is 37.4 Å². The van der Waals surface area contributed by atoms with Gasteiger partial charge in [-0.05, 0) is 78.3 Å². The first-order valence-corrected chi connectivity index (χ1v) is 17.4. The number of hydrogen-bond donors (Lipinski definition) is 1. The topological polar surface area (TPSA) is 97.9 Å². The molecule has 8 nitrogen and oxygen atoms in total. The lowest BCUT2D eigenvalue weighted by molar-refractivity contribution is -0.123. The number of imide groups is 1. The number of ether oxygens (including phenoxy) is 3. The van der Waals surface area contributed by atoms with Crippen molar-refractivity contribution in [3.05, 3.63) is 96.4 Å². The summed E-state index contributed by atoms with van der Waals surface area (Å²) in [6.07, 6.45) is 0.807. The predicted molar refractivity (Wildman–Crippen MR) is 178 cm³/mol. The third-order valence-corrected chi connectivity index (χ3v) is 13.2. The maximum absolute atomic E-state index is 14.0. The first-order valence-electron chi connectivity index (χ1n) is 14.9. The minimum Gasteiger partial charge on any atom is -0.497 e. The molecule has 4 aliphatic rings. The number of hydrogen-bond acceptors (Lipinski definition) is 8. The fourth-order valence-corrected chi connectivity index (χ4v) is 11.5. The molecular weight excluding hydrogens is 667 g/mol. The number of thiazole rings is 1. The van der Waals surface area contributed by atoms with Crippen LogP contribution in [0.15, 0.2) is 70.5 Å². The van der Waals surface area contributed by atoms with E-state index in [0.717, 1.165) is 27.5 Å². The van der Waals surface area contributed by atoms with Gasteiger partial charge in [-0.1, -0.05) is 46.7 Å². The van der Waals surface area contributed by atoms with Gasteiger partial charge in [0.2, 0.25) is 11.8 Å². The number of nitrogens with zero attached hydrogens (tertiary/aromatic N) is 1. The molecule has 3 heterocycles. The van der Waals surface area contributed by atoms with Gasteiger partial charge in [-0.2, -0.15) is 0 Å². The van der Waals surface area contributed by atoms with Crippen LogP contribution in [-0.4, -0.2) is 36.3 Å². The largest absolute Gasteiger partial charge is 0.497 e. The smallest absolute Gasteiger partial charge is 0.305 e. The second kappa shape index (κ2) is 11.4. The Bertz CT molecular complexity index is 1940. The Morgan fingerprint density at radius 1 is 0.891 bits per heavy atom. The fraction of sp³-hybridized carbons (Fsp3) is 0.324. The summed E-state index contributed by atoms with van der Waals surface area (Å²) in [6.45, 7) is 0.230. The Kier molecular flexibility index (Phi) is 7.39. The number of benzene rings is 3. The monoisotopic (exact) mass is 694 g/mol. The predicted octanol–water partition coefficient (Wildman–Crippen LogP) is 7.02. The van der Waals surface area contributed by atoms with Crippen molar-refractivity contribution in [1.82, 2.24) is 4.98 Å². The number of aromatic nitrogens is 1. The van der Waals surface area contributed by atoms with E-state index in [9.17, 15) is 14.4 Å². The summed E-state index contributed by atoms with van der Waals surface area (Å²) >= 11 is 15.3. The van der Waals surface area contributed by atoms with Crippen molar-refractivity contribution in [2.24, 2.45) is 29.6 Å². The fourth-order valence-electron chi connectivity index (χ4n) is 8.17. The molecule has 5 unspecified atom stereocenters. The number of thioether (sulfide) groups is 1. The molecule has 0 radical (unpaired) electrons. The summed E-state index contributed by atoms with van der Waals surface area (Å²) in [5.41, 5.74) is 2.34. The normalized spacial score (nSPS) is 27.4. The van der Waals surface area contributed by atoms with Gasteiger partial charge in [-0.25, -0.2) is 0 Å². The first-order chi connectivity index (χ1) is 22.3. The molecule has 3 aromatic carbocycles. The van der Waals surface area contributed by atoms with Gasteiger partial charge >= 0.3 is 4.87 Å². The van der Waals surface area contributed by atoms with E-state index in [2.05, 4.69) is 4.98 Å². The highest BCUT2D eigenvalue weighted by molar-refractivity contribution is 8.00. The molecule has 0 spiro atoms. The average molecular weight is 696 g/mol. The molecule has 1 aromatic heterocycles. The number of amides is 2. The summed E-state index contributed by atoms with van der Waals surface area (Å²) in [6, 6.07) is 18.2. The Labute approximate surface area is 282 Å². The van der Waals surface area contributed by atoms with E-state index in [1.54, 1.807) is 62.4 Å². The van der Waals surface area contributed by atoms with Crippen molar-refractivity contribution < 1.29 is 23.8 Å². The van der Waals surface area contributed by atoms with Crippen LogP contribution in [0.3, 0.4) is 0 Å². The SMILES string of the molecule is COc1ccc(N2C(=O)C3C(C2=O)[C@@H]2C[C@H]3C3Sc4[nH]c(=O)sc4C(c4ccc(OCc5ccc(Cl)cc5Cl)c(OC)c4)C32)cc1. The number of anilines is 1. The molecule has 4 aromatic rings. The zero-order chi connectivity index (χ0) is 31.9. The van der Waals surface area contributed by atoms with E-state index in [-0.39, 0.29) is 58.1 Å². The second-order valence-electron chi connectivity index (χ2n) is 12.1. The third-order valence-electron chi connectivity index (χ3n) is 10.00. The lowest BCUT2D eigenvalue weighted by Crippen LogP contribution is -2.42. The maximum atomic E-state index is 14.0. The minimum atomic E-state index is -0.394. The lowest BCUT2D eigenvalue weighted by atomic mass is 9.68. The second-order valence-corrected chi connectivity index (χ2v) is 15.2. The highest BCUT2D eigenvalue weighted by Gasteiger charge is 2.69. The van der Waals surface area contributed by atoms with Crippen LogP contribution in [0.25, 0.3) is 0 Å². The number of carbonyl (C=O) groups excluding carboxylic acids is 2. The number of methoxy groups -OCH3 is 2. The van der Waals surface area contributed by atoms with Gasteiger partial charge in [0, 0.05) is 31.7 Å². The van der Waals surface area contributed by atoms with Crippen molar-refractivity contribution >= 4 is 63.8 Å². The molecule has 12 heteroatoms. The zero-order valence-electron chi connectivity index (χ0n) is 24.7. The summed E-state index contributed by atoms with van der Waals surface area (Å²) < 4.78 is 17.2. The van der Waals surface area contributed by atoms with Gasteiger partial charge in [0.25, 0.3) is 0 Å². The lowest BCUT2D eigenvalue weighted by Gasteiger charge is -2.43. The molecule has 2 aliphatic heterocycles. The molecule has 2 bridgehead atoms. The van der Waals surface area contributed by atoms with Gasteiger partial charge in [-0.3, -0.25) is 19.3 Å². The quantitative estimate of drug-likeness (QED) is 0.208. The van der Waals surface area contributed by atoms with Gasteiger partial charge in [0.05, 0.1) is 36.8 Å². The molecule has 236 valence electrons. The van der Waals surface area contributed by atoms with E-state index < -0.39 is 5.92 Å². The van der Waals surface area contributed by atoms with Crippen LogP contribution in [0.1, 0.15) is 28.3 Å². The summed E-state index contributed by atoms with van der Waals surface area (Å²) in [5, 5.41) is 2.00. The number of aromatic amines is 1. The van der Waals surface area contributed by atoms with Crippen molar-refractivity contribution in [3.63, 3.8) is 0 Å². The maximum Gasteiger partial charge on any atom is 0.305 e. The highest BCUT2D eigenvalue weighted by Crippen LogP contribution is 2.68. The number of carbonyl (C=O) groups is 2. The van der Waals surface area contributed by atoms with Crippen molar-refractivity contribution in [1.29, 1.82) is 0 Å². The Morgan fingerprint density at radius 2 is 1.65 bits per heavy atom. The molecular formula is C34H28Cl2N2O6S2. The van der Waals surface area contributed by atoms with Gasteiger partial charge in [-0.15, -0.1) is 11.8 Å². The Hall–Kier alpha value is -3.44. The van der Waals surface area contributed by atoms with Crippen LogP contribution in [-0.2, 0) is 16.2 Å². The van der Waals surface area contributed by atoms with Crippen molar-refractivity contribution in [2.75, 3.05) is 19.1 Å². The number of fused-ring (bicyclic) bond motifs is 9. The molecule has 1 saturated heterocycles. The van der Waals surface area contributed by atoms with Crippen LogP contribution in [0, 0.1) is 29.6 Å².